The van der Waals surface area contributed by atoms with Gasteiger partial charge in [-0.15, -0.1) is 0 Å². The van der Waals surface area contributed by atoms with Gasteiger partial charge in [-0.3, -0.25) is 0 Å². The van der Waals surface area contributed by atoms with Crippen LogP contribution in [0.5, 0.6) is 0 Å². The fraction of sp³-hybridized carbons (Fsp3) is 0.625. The van der Waals surface area contributed by atoms with Crippen LogP contribution >= 0.6 is 0 Å². The van der Waals surface area contributed by atoms with Crippen LogP contribution in [0.3, 0.4) is 0 Å². The maximum Gasteiger partial charge on any atom is 0.103 e. The highest BCUT2D eigenvalue weighted by Gasteiger charge is 2.19. The lowest BCUT2D eigenvalue weighted by molar-refractivity contribution is 0.676. The molecule has 11 heavy (non-hydrogen) atoms. The summed E-state index contributed by atoms with van der Waals surface area (Å²) in [5, 5.41) is 3.41. The Morgan fingerprint density at radius 2 is 2.55 bits per heavy atom. The molecule has 1 saturated carbocycles. The lowest BCUT2D eigenvalue weighted by Crippen LogP contribution is -2.15. The Morgan fingerprint density at radius 3 is 3.09 bits per heavy atom. The number of aromatic amines is 1. The first-order valence-corrected chi connectivity index (χ1v) is 4.08. The van der Waals surface area contributed by atoms with Crippen molar-refractivity contribution in [1.82, 2.24) is 15.3 Å². The van der Waals surface area contributed by atoms with Crippen LogP contribution in [0, 0.1) is 6.92 Å². The van der Waals surface area contributed by atoms with Crippen LogP contribution in [0.2, 0.25) is 0 Å². The van der Waals surface area contributed by atoms with Crippen molar-refractivity contribution in [2.24, 2.45) is 0 Å². The molecule has 3 nitrogen and oxygen atoms in total. The molecule has 0 aromatic carbocycles. The Kier molecular flexibility index (Phi) is 1.66. The molecule has 60 valence electrons. The topological polar surface area (TPSA) is 40.7 Å². The Balaban J connectivity index is 1.85. The lowest BCUT2D eigenvalue weighted by Gasteiger charge is -1.97. The van der Waals surface area contributed by atoms with Crippen molar-refractivity contribution in [2.45, 2.75) is 32.4 Å². The van der Waals surface area contributed by atoms with Crippen molar-refractivity contribution in [2.75, 3.05) is 0 Å². The Bertz CT molecular complexity index is 237. The van der Waals surface area contributed by atoms with Gasteiger partial charge < -0.3 is 10.3 Å². The molecular formula is C8H13N3. The minimum absolute atomic E-state index is 0.776. The highest BCUT2D eigenvalue weighted by Crippen LogP contribution is 2.18. The summed E-state index contributed by atoms with van der Waals surface area (Å²) in [7, 11) is 0. The first-order valence-electron chi connectivity index (χ1n) is 4.08. The maximum absolute atomic E-state index is 4.12. The van der Waals surface area contributed by atoms with Crippen molar-refractivity contribution in [3.63, 3.8) is 0 Å². The molecule has 0 amide bonds. The summed E-state index contributed by atoms with van der Waals surface area (Å²) in [6.07, 6.45) is 4.57. The molecule has 2 N–H and O–H groups in total. The zero-order valence-corrected chi connectivity index (χ0v) is 6.72. The zero-order valence-electron chi connectivity index (χ0n) is 6.72. The number of nitrogens with one attached hydrogen (secondary N) is 2. The first-order chi connectivity index (χ1) is 5.34. The number of hydrogen-bond acceptors (Lipinski definition) is 2. The summed E-state index contributed by atoms with van der Waals surface area (Å²) < 4.78 is 0. The molecule has 0 aliphatic heterocycles. The smallest absolute Gasteiger partial charge is 0.103 e. The van der Waals surface area contributed by atoms with E-state index in [9.17, 15) is 0 Å². The van der Waals surface area contributed by atoms with Crippen LogP contribution in [0.25, 0.3) is 0 Å². The third kappa shape index (κ3) is 1.80. The van der Waals surface area contributed by atoms with Crippen molar-refractivity contribution < 1.29 is 0 Å². The molecule has 1 aromatic heterocycles. The van der Waals surface area contributed by atoms with Crippen LogP contribution < -0.4 is 5.32 Å². The average molecular weight is 151 g/mol. The third-order valence-electron chi connectivity index (χ3n) is 1.91. The Morgan fingerprint density at radius 1 is 1.73 bits per heavy atom. The van der Waals surface area contributed by atoms with Gasteiger partial charge in [0.25, 0.3) is 0 Å². The average Bonchev–Trinajstić information content (AvgIpc) is 2.72. The van der Waals surface area contributed by atoms with Crippen LogP contribution in [0.1, 0.15) is 24.4 Å². The normalized spacial score (nSPS) is 17.2. The SMILES string of the molecule is Cc1ncc(CNC2CC2)[nH]1. The number of aryl methyl sites for hydroxylation is 1. The molecule has 0 unspecified atom stereocenters. The minimum Gasteiger partial charge on any atom is -0.345 e. The van der Waals surface area contributed by atoms with E-state index >= 15 is 0 Å². The standard InChI is InChI=1S/C8H13N3/c1-6-9-4-8(11-6)5-10-7-2-3-7/h4,7,10H,2-3,5H2,1H3,(H,9,11). The van der Waals surface area contributed by atoms with Crippen LogP contribution in [0.15, 0.2) is 6.20 Å². The van der Waals surface area contributed by atoms with Crippen molar-refractivity contribution >= 4 is 0 Å². The Labute approximate surface area is 66.2 Å². The van der Waals surface area contributed by atoms with Gasteiger partial charge in [-0.2, -0.15) is 0 Å². The molecule has 1 aliphatic carbocycles. The van der Waals surface area contributed by atoms with Crippen molar-refractivity contribution in [1.29, 1.82) is 0 Å². The third-order valence-corrected chi connectivity index (χ3v) is 1.91. The van der Waals surface area contributed by atoms with Gasteiger partial charge >= 0.3 is 0 Å². The van der Waals surface area contributed by atoms with Gasteiger partial charge in [-0.1, -0.05) is 0 Å². The van der Waals surface area contributed by atoms with Gasteiger partial charge in [0.1, 0.15) is 5.82 Å². The van der Waals surface area contributed by atoms with Gasteiger partial charge in [-0.05, 0) is 19.8 Å². The second kappa shape index (κ2) is 2.66. The fourth-order valence-corrected chi connectivity index (χ4v) is 1.10. The fourth-order valence-electron chi connectivity index (χ4n) is 1.10. The second-order valence-electron chi connectivity index (χ2n) is 3.15. The van der Waals surface area contributed by atoms with E-state index in [0.29, 0.717) is 0 Å². The van der Waals surface area contributed by atoms with E-state index in [0.717, 1.165) is 18.4 Å². The van der Waals surface area contributed by atoms with Crippen LogP contribution in [0.4, 0.5) is 0 Å². The van der Waals surface area contributed by atoms with Gasteiger partial charge in [0.2, 0.25) is 0 Å². The number of hydrogen-bond donors (Lipinski definition) is 2. The van der Waals surface area contributed by atoms with Crippen molar-refractivity contribution in [3.8, 4) is 0 Å². The van der Waals surface area contributed by atoms with E-state index < -0.39 is 0 Å². The van der Waals surface area contributed by atoms with Gasteiger partial charge in [-0.25, -0.2) is 4.98 Å². The molecule has 1 heterocycles. The number of aromatic nitrogens is 2. The van der Waals surface area contributed by atoms with Crippen LogP contribution in [-0.2, 0) is 6.54 Å². The van der Waals surface area contributed by atoms with Crippen LogP contribution in [-0.4, -0.2) is 16.0 Å². The summed E-state index contributed by atoms with van der Waals surface area (Å²) in [5.41, 5.74) is 1.19. The summed E-state index contributed by atoms with van der Waals surface area (Å²) in [5.74, 6) is 0.998. The number of rotatable bonds is 3. The van der Waals surface area contributed by atoms with E-state index in [1.165, 1.54) is 18.5 Å². The Hall–Kier alpha value is -0.830. The number of imidazole rings is 1. The quantitative estimate of drug-likeness (QED) is 0.675. The zero-order chi connectivity index (χ0) is 7.68. The monoisotopic (exact) mass is 151 g/mol. The molecule has 0 spiro atoms. The van der Waals surface area contributed by atoms with Gasteiger partial charge in [0.15, 0.2) is 0 Å². The van der Waals surface area contributed by atoms with E-state index in [4.69, 9.17) is 0 Å². The van der Waals surface area contributed by atoms with E-state index in [1.54, 1.807) is 0 Å². The van der Waals surface area contributed by atoms with E-state index in [-0.39, 0.29) is 0 Å². The highest BCUT2D eigenvalue weighted by molar-refractivity contribution is 5.00. The molecule has 1 aromatic rings. The molecule has 3 heteroatoms. The predicted octanol–water partition coefficient (Wildman–Crippen LogP) is 0.970. The summed E-state index contributed by atoms with van der Waals surface area (Å²) in [4.78, 5) is 7.30. The molecule has 2 rings (SSSR count). The van der Waals surface area contributed by atoms with Gasteiger partial charge in [0.05, 0.1) is 0 Å². The molecule has 1 fully saturated rings. The maximum atomic E-state index is 4.12. The van der Waals surface area contributed by atoms with E-state index in [1.807, 2.05) is 13.1 Å². The molecule has 0 radical (unpaired) electrons. The largest absolute Gasteiger partial charge is 0.345 e. The number of nitrogens with zero attached hydrogens (tertiary/aromatic N) is 1. The molecule has 0 saturated heterocycles. The predicted molar refractivity (Wildman–Crippen MR) is 43.2 cm³/mol. The minimum atomic E-state index is 0.776. The number of H-pyrrole nitrogens is 1. The molecule has 1 aliphatic rings. The molecule has 0 atom stereocenters. The van der Waals surface area contributed by atoms with E-state index in [2.05, 4.69) is 15.3 Å². The summed E-state index contributed by atoms with van der Waals surface area (Å²) in [6, 6.07) is 0.776. The first kappa shape index (κ1) is 6.85. The lowest BCUT2D eigenvalue weighted by atomic mass is 10.4. The molecular weight excluding hydrogens is 138 g/mol. The van der Waals surface area contributed by atoms with Gasteiger partial charge in [0, 0.05) is 24.5 Å². The molecule has 0 bridgehead atoms. The van der Waals surface area contributed by atoms with Crippen molar-refractivity contribution in [3.05, 3.63) is 17.7 Å². The highest BCUT2D eigenvalue weighted by atomic mass is 15.0. The summed E-state index contributed by atoms with van der Waals surface area (Å²) in [6.45, 7) is 2.91. The summed E-state index contributed by atoms with van der Waals surface area (Å²) >= 11 is 0. The second-order valence-corrected chi connectivity index (χ2v) is 3.15.